The molecule has 0 spiro atoms. The zero-order chi connectivity index (χ0) is 15.7. The number of unbranched alkanes of at least 4 members (excludes halogenated alkanes) is 2. The molecule has 1 aromatic rings. The second-order valence-electron chi connectivity index (χ2n) is 5.01. The molecule has 1 heterocycles. The van der Waals surface area contributed by atoms with Crippen molar-refractivity contribution < 1.29 is 9.92 Å². The van der Waals surface area contributed by atoms with Crippen LogP contribution in [0.3, 0.4) is 0 Å². The summed E-state index contributed by atoms with van der Waals surface area (Å²) in [5.41, 5.74) is 0.958. The summed E-state index contributed by atoms with van der Waals surface area (Å²) in [5.74, 6) is 0. The number of thiazole rings is 1. The average Bonchev–Trinajstić information content (AvgIpc) is 2.80. The van der Waals surface area contributed by atoms with E-state index in [-0.39, 0.29) is 6.61 Å². The maximum atomic E-state index is 10.2. The van der Waals surface area contributed by atoms with Crippen LogP contribution in [0.15, 0.2) is 0 Å². The van der Waals surface area contributed by atoms with Crippen LogP contribution in [0.1, 0.15) is 50.1 Å². The van der Waals surface area contributed by atoms with E-state index in [4.69, 9.17) is 0 Å². The van der Waals surface area contributed by atoms with E-state index in [1.807, 2.05) is 6.92 Å². The monoisotopic (exact) mass is 315 g/mol. The second kappa shape index (κ2) is 9.55. The average molecular weight is 315 g/mol. The Morgan fingerprint density at radius 1 is 1.29 bits per heavy atom. The first-order chi connectivity index (χ1) is 10.1. The number of aryl methyl sites for hydroxylation is 1. The number of anilines is 1. The first-order valence-corrected chi connectivity index (χ1v) is 8.38. The Hall–Kier alpha value is -1.37. The van der Waals surface area contributed by atoms with Gasteiger partial charge in [-0.25, -0.2) is 4.98 Å². The lowest BCUT2D eigenvalue weighted by Crippen LogP contribution is -2.25. The van der Waals surface area contributed by atoms with Crippen molar-refractivity contribution in [2.45, 2.75) is 52.9 Å². The Kier molecular flexibility index (Phi) is 8.04. The molecule has 0 radical (unpaired) electrons. The Balaban J connectivity index is 2.67. The lowest BCUT2D eigenvalue weighted by molar-refractivity contribution is -0.757. The van der Waals surface area contributed by atoms with Crippen molar-refractivity contribution in [3.63, 3.8) is 0 Å². The van der Waals surface area contributed by atoms with Crippen LogP contribution in [0.4, 0.5) is 5.13 Å². The molecule has 0 saturated carbocycles. The maximum absolute atomic E-state index is 10.2. The summed E-state index contributed by atoms with van der Waals surface area (Å²) in [7, 11) is 0. The molecule has 21 heavy (non-hydrogen) atoms. The zero-order valence-electron chi connectivity index (χ0n) is 13.1. The first-order valence-electron chi connectivity index (χ1n) is 7.57. The molecule has 1 aromatic heterocycles. The summed E-state index contributed by atoms with van der Waals surface area (Å²) in [5, 5.41) is 10.5. The number of hydrogen-bond donors (Lipinski definition) is 0. The minimum atomic E-state index is -0.744. The Morgan fingerprint density at radius 2 is 1.90 bits per heavy atom. The van der Waals surface area contributed by atoms with Crippen LogP contribution < -0.4 is 4.90 Å². The molecule has 1 rings (SSSR count). The lowest BCUT2D eigenvalue weighted by Gasteiger charge is -2.21. The normalized spacial score (nSPS) is 10.6. The smallest absolute Gasteiger partial charge is 0.294 e. The molecule has 0 aromatic carbocycles. The summed E-state index contributed by atoms with van der Waals surface area (Å²) >= 11 is 1.63. The molecule has 6 nitrogen and oxygen atoms in total. The van der Waals surface area contributed by atoms with E-state index in [1.165, 1.54) is 0 Å². The van der Waals surface area contributed by atoms with E-state index in [2.05, 4.69) is 28.6 Å². The van der Waals surface area contributed by atoms with Crippen molar-refractivity contribution in [3.8, 4) is 0 Å². The number of rotatable bonds is 11. The van der Waals surface area contributed by atoms with Crippen molar-refractivity contribution in [2.24, 2.45) is 0 Å². The lowest BCUT2D eigenvalue weighted by atomic mass is 10.3. The van der Waals surface area contributed by atoms with Crippen LogP contribution in [0.5, 0.6) is 0 Å². The fourth-order valence-electron chi connectivity index (χ4n) is 1.99. The standard InChI is InChI=1S/C14H25N3O3S/c1-4-6-9-16(10-7-5-2)14-15-12(3)13(21-14)8-11-20-17(18)19/h4-11H2,1-3H3. The van der Waals surface area contributed by atoms with Gasteiger partial charge < -0.3 is 9.74 Å². The summed E-state index contributed by atoms with van der Waals surface area (Å²) in [6.07, 6.45) is 5.18. The third-order valence-electron chi connectivity index (χ3n) is 3.24. The van der Waals surface area contributed by atoms with Crippen LogP contribution in [0.2, 0.25) is 0 Å². The van der Waals surface area contributed by atoms with E-state index in [0.717, 1.165) is 54.5 Å². The summed E-state index contributed by atoms with van der Waals surface area (Å²) in [6.45, 7) is 8.47. The van der Waals surface area contributed by atoms with Crippen molar-refractivity contribution in [1.29, 1.82) is 0 Å². The van der Waals surface area contributed by atoms with E-state index >= 15 is 0 Å². The second-order valence-corrected chi connectivity index (χ2v) is 6.07. The van der Waals surface area contributed by atoms with Crippen LogP contribution >= 0.6 is 11.3 Å². The fourth-order valence-corrected chi connectivity index (χ4v) is 3.09. The van der Waals surface area contributed by atoms with Gasteiger partial charge in [-0.2, -0.15) is 0 Å². The molecule has 0 unspecified atom stereocenters. The molecule has 120 valence electrons. The summed E-state index contributed by atoms with van der Waals surface area (Å²) in [6, 6.07) is 0. The van der Waals surface area contributed by atoms with Gasteiger partial charge in [0.1, 0.15) is 6.61 Å². The molecule has 0 fully saturated rings. The zero-order valence-corrected chi connectivity index (χ0v) is 13.9. The van der Waals surface area contributed by atoms with Crippen molar-refractivity contribution in [2.75, 3.05) is 24.6 Å². The molecule has 0 saturated heterocycles. The van der Waals surface area contributed by atoms with Gasteiger partial charge in [0, 0.05) is 24.4 Å². The molecular weight excluding hydrogens is 290 g/mol. The number of hydrogen-bond acceptors (Lipinski definition) is 6. The van der Waals surface area contributed by atoms with Crippen molar-refractivity contribution >= 4 is 16.5 Å². The maximum Gasteiger partial charge on any atom is 0.294 e. The number of aromatic nitrogens is 1. The number of nitrogens with zero attached hydrogens (tertiary/aromatic N) is 3. The van der Waals surface area contributed by atoms with E-state index in [1.54, 1.807) is 11.3 Å². The van der Waals surface area contributed by atoms with Gasteiger partial charge in [-0.3, -0.25) is 0 Å². The molecule has 0 bridgehead atoms. The Labute approximate surface area is 130 Å². The van der Waals surface area contributed by atoms with Gasteiger partial charge >= 0.3 is 0 Å². The highest BCUT2D eigenvalue weighted by Crippen LogP contribution is 2.27. The quantitative estimate of drug-likeness (QED) is 0.461. The third-order valence-corrected chi connectivity index (χ3v) is 4.52. The highest BCUT2D eigenvalue weighted by molar-refractivity contribution is 7.15. The van der Waals surface area contributed by atoms with Gasteiger partial charge in [-0.05, 0) is 19.8 Å². The minimum absolute atomic E-state index is 0.0966. The molecule has 0 aliphatic carbocycles. The minimum Gasteiger partial charge on any atom is -0.348 e. The van der Waals surface area contributed by atoms with Crippen LogP contribution in [0, 0.1) is 17.0 Å². The third kappa shape index (κ3) is 6.29. The SMILES string of the molecule is CCCCN(CCCC)c1nc(C)c(CCO[N+](=O)[O-])s1. The summed E-state index contributed by atoms with van der Waals surface area (Å²) < 4.78 is 0. The molecule has 0 aliphatic rings. The van der Waals surface area contributed by atoms with Crippen LogP contribution in [0.25, 0.3) is 0 Å². The predicted molar refractivity (Wildman–Crippen MR) is 85.5 cm³/mol. The van der Waals surface area contributed by atoms with Crippen molar-refractivity contribution in [1.82, 2.24) is 4.98 Å². The van der Waals surface area contributed by atoms with Gasteiger partial charge in [0.05, 0.1) is 5.69 Å². The molecule has 0 aliphatic heterocycles. The van der Waals surface area contributed by atoms with E-state index in [9.17, 15) is 10.1 Å². The Morgan fingerprint density at radius 3 is 2.43 bits per heavy atom. The van der Waals surface area contributed by atoms with Gasteiger partial charge in [-0.1, -0.05) is 26.7 Å². The first kappa shape index (κ1) is 17.7. The van der Waals surface area contributed by atoms with E-state index in [0.29, 0.717) is 6.42 Å². The Bertz CT molecular complexity index is 429. The van der Waals surface area contributed by atoms with Gasteiger partial charge in [-0.15, -0.1) is 21.5 Å². The summed E-state index contributed by atoms with van der Waals surface area (Å²) in [4.78, 5) is 22.6. The fraction of sp³-hybridized carbons (Fsp3) is 0.786. The molecule has 0 N–H and O–H groups in total. The van der Waals surface area contributed by atoms with Crippen LogP contribution in [-0.4, -0.2) is 29.8 Å². The molecule has 7 heteroatoms. The highest BCUT2D eigenvalue weighted by atomic mass is 32.1. The van der Waals surface area contributed by atoms with E-state index < -0.39 is 5.09 Å². The largest absolute Gasteiger partial charge is 0.348 e. The topological polar surface area (TPSA) is 68.5 Å². The van der Waals surface area contributed by atoms with Gasteiger partial charge in [0.25, 0.3) is 5.09 Å². The van der Waals surface area contributed by atoms with Crippen molar-refractivity contribution in [3.05, 3.63) is 20.7 Å². The van der Waals surface area contributed by atoms with Gasteiger partial charge in [0.2, 0.25) is 0 Å². The highest BCUT2D eigenvalue weighted by Gasteiger charge is 2.14. The van der Waals surface area contributed by atoms with Crippen LogP contribution in [-0.2, 0) is 11.3 Å². The van der Waals surface area contributed by atoms with Gasteiger partial charge in [0.15, 0.2) is 5.13 Å². The predicted octanol–water partition coefficient (Wildman–Crippen LogP) is 3.61. The molecule has 0 atom stereocenters. The molecular formula is C14H25N3O3S. The molecule has 0 amide bonds.